The van der Waals surface area contributed by atoms with Gasteiger partial charge < -0.3 is 9.88 Å². The van der Waals surface area contributed by atoms with Crippen molar-refractivity contribution in [1.82, 2.24) is 14.9 Å². The van der Waals surface area contributed by atoms with Gasteiger partial charge in [-0.2, -0.15) is 5.26 Å². The van der Waals surface area contributed by atoms with Gasteiger partial charge in [0.15, 0.2) is 0 Å². The van der Waals surface area contributed by atoms with E-state index >= 15 is 0 Å². The largest absolute Gasteiger partial charge is 0.346 e. The summed E-state index contributed by atoms with van der Waals surface area (Å²) in [6, 6.07) is 6.24. The van der Waals surface area contributed by atoms with E-state index in [1.807, 2.05) is 29.3 Å². The van der Waals surface area contributed by atoms with Crippen molar-refractivity contribution in [2.75, 3.05) is 11.4 Å². The molecule has 1 aliphatic heterocycles. The van der Waals surface area contributed by atoms with Gasteiger partial charge in [-0.15, -0.1) is 0 Å². The van der Waals surface area contributed by atoms with Gasteiger partial charge in [-0.1, -0.05) is 19.9 Å². The smallest absolute Gasteiger partial charge is 0.237 e. The molecule has 1 unspecified atom stereocenters. The minimum absolute atomic E-state index is 0.0343. The number of fused-ring (bicyclic) bond motifs is 1. The number of aromatic amines is 1. The number of carbonyl (C=O) groups is 2. The molecule has 1 fully saturated rings. The lowest BCUT2D eigenvalue weighted by Gasteiger charge is -2.38. The van der Waals surface area contributed by atoms with Crippen molar-refractivity contribution in [3.63, 3.8) is 0 Å². The first kappa shape index (κ1) is 19.2. The van der Waals surface area contributed by atoms with E-state index in [-0.39, 0.29) is 30.3 Å². The molecule has 1 aliphatic carbocycles. The van der Waals surface area contributed by atoms with Crippen LogP contribution in [0.5, 0.6) is 0 Å². The van der Waals surface area contributed by atoms with Crippen LogP contribution in [0.4, 0.5) is 5.82 Å². The Hall–Kier alpha value is -3.14. The maximum atomic E-state index is 12.4. The highest BCUT2D eigenvalue weighted by atomic mass is 16.2. The van der Waals surface area contributed by atoms with Gasteiger partial charge in [0.05, 0.1) is 6.07 Å². The average Bonchev–Trinajstić information content (AvgIpc) is 3.43. The summed E-state index contributed by atoms with van der Waals surface area (Å²) < 4.78 is 0. The molecule has 7 heteroatoms. The zero-order valence-corrected chi connectivity index (χ0v) is 16.8. The Bertz CT molecular complexity index is 1010. The van der Waals surface area contributed by atoms with E-state index < -0.39 is 0 Å². The second-order valence-corrected chi connectivity index (χ2v) is 8.14. The molecule has 2 aliphatic rings. The summed E-state index contributed by atoms with van der Waals surface area (Å²) in [5.41, 5.74) is 2.96. The predicted octanol–water partition coefficient (Wildman–Crippen LogP) is 3.24. The summed E-state index contributed by atoms with van der Waals surface area (Å²) in [4.78, 5) is 35.4. The minimum atomic E-state index is -0.121. The molecule has 2 aromatic rings. The van der Waals surface area contributed by atoms with Crippen molar-refractivity contribution in [3.8, 4) is 6.07 Å². The highest BCUT2D eigenvalue weighted by Gasteiger charge is 2.33. The molecule has 0 spiro atoms. The molecule has 2 amide bonds. The Morgan fingerprint density at radius 3 is 2.93 bits per heavy atom. The summed E-state index contributed by atoms with van der Waals surface area (Å²) in [5, 5.41) is 9.93. The second-order valence-electron chi connectivity index (χ2n) is 8.14. The molecular weight excluding hydrogens is 366 g/mol. The number of hydrogen-bond donors (Lipinski definition) is 1. The van der Waals surface area contributed by atoms with Crippen molar-refractivity contribution in [2.24, 2.45) is 5.92 Å². The third-order valence-corrected chi connectivity index (χ3v) is 5.86. The Morgan fingerprint density at radius 2 is 2.28 bits per heavy atom. The van der Waals surface area contributed by atoms with Gasteiger partial charge in [0.1, 0.15) is 17.9 Å². The van der Waals surface area contributed by atoms with Gasteiger partial charge in [0.25, 0.3) is 0 Å². The zero-order chi connectivity index (χ0) is 20.5. The van der Waals surface area contributed by atoms with Crippen LogP contribution >= 0.6 is 0 Å². The first-order valence-electron chi connectivity index (χ1n) is 10.1. The molecule has 29 heavy (non-hydrogen) atoms. The lowest BCUT2D eigenvalue weighted by Crippen LogP contribution is -2.45. The fourth-order valence-corrected chi connectivity index (χ4v) is 4.14. The van der Waals surface area contributed by atoms with Gasteiger partial charge >= 0.3 is 0 Å². The SMILES string of the molecule is CC(C)C1CC(c2cc(N(C=O)C3CC3)nc3[nH]ccc23)=CCN1C(=O)CC#N. The van der Waals surface area contributed by atoms with E-state index in [0.717, 1.165) is 41.4 Å². The van der Waals surface area contributed by atoms with Gasteiger partial charge in [-0.3, -0.25) is 14.5 Å². The van der Waals surface area contributed by atoms with Gasteiger partial charge in [-0.25, -0.2) is 4.98 Å². The average molecular weight is 391 g/mol. The van der Waals surface area contributed by atoms with Crippen LogP contribution < -0.4 is 4.90 Å². The Labute approximate surface area is 170 Å². The molecule has 1 atom stereocenters. The number of amides is 2. The third kappa shape index (κ3) is 3.63. The number of hydrogen-bond acceptors (Lipinski definition) is 4. The first-order valence-corrected chi connectivity index (χ1v) is 10.1. The molecule has 1 N–H and O–H groups in total. The maximum Gasteiger partial charge on any atom is 0.237 e. The molecule has 0 bridgehead atoms. The second kappa shape index (κ2) is 7.70. The van der Waals surface area contributed by atoms with E-state index in [2.05, 4.69) is 29.9 Å². The molecular formula is C22H25N5O2. The molecule has 3 heterocycles. The Kier molecular flexibility index (Phi) is 5.10. The van der Waals surface area contributed by atoms with E-state index in [4.69, 9.17) is 5.26 Å². The van der Waals surface area contributed by atoms with Crippen molar-refractivity contribution in [1.29, 1.82) is 5.26 Å². The highest BCUT2D eigenvalue weighted by Crippen LogP contribution is 2.37. The number of pyridine rings is 1. The van der Waals surface area contributed by atoms with Crippen LogP contribution in [0.15, 0.2) is 24.4 Å². The zero-order valence-electron chi connectivity index (χ0n) is 16.8. The van der Waals surface area contributed by atoms with Gasteiger partial charge in [0.2, 0.25) is 12.3 Å². The molecule has 0 saturated heterocycles. The first-order chi connectivity index (χ1) is 14.0. The van der Waals surface area contributed by atoms with Crippen LogP contribution in [0.25, 0.3) is 16.6 Å². The van der Waals surface area contributed by atoms with Crippen molar-refractivity contribution < 1.29 is 9.59 Å². The van der Waals surface area contributed by atoms with Crippen LogP contribution in [-0.4, -0.2) is 45.8 Å². The minimum Gasteiger partial charge on any atom is -0.346 e. The fourth-order valence-electron chi connectivity index (χ4n) is 4.14. The predicted molar refractivity (Wildman–Crippen MR) is 111 cm³/mol. The summed E-state index contributed by atoms with van der Waals surface area (Å²) >= 11 is 0. The number of H-pyrrole nitrogens is 1. The number of nitriles is 1. The lowest BCUT2D eigenvalue weighted by atomic mass is 9.87. The molecule has 0 radical (unpaired) electrons. The molecule has 7 nitrogen and oxygen atoms in total. The topological polar surface area (TPSA) is 93.1 Å². The standard InChI is InChI=1S/C22H25N5O2/c1-14(2)19-11-15(7-10-26(19)21(29)5-8-23)18-12-20(27(13-28)16-3-4-16)25-22-17(18)6-9-24-22/h6-7,9,12-14,16,19H,3-5,10-11H2,1-2H3,(H,24,25). The maximum absolute atomic E-state index is 12.4. The molecule has 0 aromatic carbocycles. The van der Waals surface area contributed by atoms with Gasteiger partial charge in [0, 0.05) is 30.2 Å². The number of anilines is 1. The van der Waals surface area contributed by atoms with Crippen LogP contribution in [0.2, 0.25) is 0 Å². The molecule has 1 saturated carbocycles. The van der Waals surface area contributed by atoms with Crippen molar-refractivity contribution in [2.45, 2.75) is 51.6 Å². The molecule has 4 rings (SSSR count). The van der Waals surface area contributed by atoms with Crippen LogP contribution in [0, 0.1) is 17.2 Å². The van der Waals surface area contributed by atoms with Crippen LogP contribution in [0.3, 0.4) is 0 Å². The number of carbonyl (C=O) groups excluding carboxylic acids is 2. The van der Waals surface area contributed by atoms with Crippen LogP contribution in [-0.2, 0) is 9.59 Å². The number of rotatable bonds is 6. The summed E-state index contributed by atoms with van der Waals surface area (Å²) in [5.74, 6) is 0.810. The highest BCUT2D eigenvalue weighted by molar-refractivity contribution is 5.94. The quantitative estimate of drug-likeness (QED) is 0.765. The summed E-state index contributed by atoms with van der Waals surface area (Å²) in [6.45, 7) is 4.69. The Morgan fingerprint density at radius 1 is 1.48 bits per heavy atom. The summed E-state index contributed by atoms with van der Waals surface area (Å²) in [6.07, 6.45) is 7.43. The van der Waals surface area contributed by atoms with Crippen molar-refractivity contribution in [3.05, 3.63) is 30.0 Å². The molecule has 150 valence electrons. The van der Waals surface area contributed by atoms with Crippen LogP contribution in [0.1, 0.15) is 45.1 Å². The Balaban J connectivity index is 1.74. The fraction of sp³-hybridized carbons (Fsp3) is 0.455. The number of nitrogens with zero attached hydrogens (tertiary/aromatic N) is 4. The van der Waals surface area contributed by atoms with Crippen molar-refractivity contribution >= 4 is 34.7 Å². The van der Waals surface area contributed by atoms with E-state index in [9.17, 15) is 9.59 Å². The van der Waals surface area contributed by atoms with Gasteiger partial charge in [-0.05, 0) is 48.4 Å². The molecule has 2 aromatic heterocycles. The van der Waals surface area contributed by atoms with E-state index in [0.29, 0.717) is 18.8 Å². The monoisotopic (exact) mass is 391 g/mol. The number of aromatic nitrogens is 2. The van der Waals surface area contributed by atoms with E-state index in [1.54, 1.807) is 4.90 Å². The van der Waals surface area contributed by atoms with E-state index in [1.165, 1.54) is 0 Å². The third-order valence-electron chi connectivity index (χ3n) is 5.86. The normalized spacial score (nSPS) is 19.2. The number of nitrogens with one attached hydrogen (secondary N) is 1. The summed E-state index contributed by atoms with van der Waals surface area (Å²) in [7, 11) is 0. The lowest BCUT2D eigenvalue weighted by molar-refractivity contribution is -0.132.